The topological polar surface area (TPSA) is 87.4 Å². The van der Waals surface area contributed by atoms with Crippen LogP contribution in [0.3, 0.4) is 0 Å². The lowest BCUT2D eigenvalue weighted by molar-refractivity contribution is -0.138. The molecule has 1 saturated heterocycles. The number of nitrogens with zero attached hydrogens (tertiary/aromatic N) is 4. The number of benzene rings is 2. The first-order valence-electron chi connectivity index (χ1n) is 13.3. The van der Waals surface area contributed by atoms with E-state index in [4.69, 9.17) is 5.73 Å². The maximum absolute atomic E-state index is 14.0. The highest BCUT2D eigenvalue weighted by Crippen LogP contribution is 2.34. The maximum Gasteiger partial charge on any atom is 0.416 e. The van der Waals surface area contributed by atoms with Crippen molar-refractivity contribution in [2.24, 2.45) is 0 Å². The van der Waals surface area contributed by atoms with E-state index in [0.717, 1.165) is 36.5 Å². The number of amides is 1. The Bertz CT molecular complexity index is 1630. The van der Waals surface area contributed by atoms with Crippen molar-refractivity contribution in [3.05, 3.63) is 94.8 Å². The zero-order valence-electron chi connectivity index (χ0n) is 22.5. The van der Waals surface area contributed by atoms with Crippen molar-refractivity contribution in [2.75, 3.05) is 43.8 Å². The number of aromatic nitrogens is 2. The molecule has 5 rings (SSSR count). The van der Waals surface area contributed by atoms with Gasteiger partial charge in [-0.05, 0) is 36.4 Å². The number of rotatable bonds is 5. The van der Waals surface area contributed by atoms with Crippen LogP contribution in [0, 0.1) is 11.8 Å². The van der Waals surface area contributed by atoms with Gasteiger partial charge in [0.1, 0.15) is 11.6 Å². The second kappa shape index (κ2) is 12.0. The van der Waals surface area contributed by atoms with Crippen LogP contribution in [0.4, 0.5) is 24.8 Å². The molecule has 1 aliphatic rings. The van der Waals surface area contributed by atoms with E-state index in [1.807, 2.05) is 29.2 Å². The first kappa shape index (κ1) is 28.1. The zero-order valence-corrected chi connectivity index (χ0v) is 22.5. The first-order chi connectivity index (χ1) is 19.7. The van der Waals surface area contributed by atoms with E-state index in [1.165, 1.54) is 18.3 Å². The Morgan fingerprint density at radius 2 is 1.71 bits per heavy atom. The van der Waals surface area contributed by atoms with Gasteiger partial charge in [-0.25, -0.2) is 9.97 Å². The van der Waals surface area contributed by atoms with E-state index in [1.54, 1.807) is 18.3 Å². The molecule has 2 aromatic carbocycles. The molecule has 0 aliphatic carbocycles. The summed E-state index contributed by atoms with van der Waals surface area (Å²) in [4.78, 5) is 25.6. The molecule has 3 heterocycles. The summed E-state index contributed by atoms with van der Waals surface area (Å²) < 4.78 is 42.0. The Labute approximate surface area is 236 Å². The fraction of sp³-hybridized carbons (Fsp3) is 0.258. The number of anilines is 2. The van der Waals surface area contributed by atoms with Gasteiger partial charge < -0.3 is 16.0 Å². The third-order valence-corrected chi connectivity index (χ3v) is 7.15. The van der Waals surface area contributed by atoms with Crippen LogP contribution < -0.4 is 11.1 Å². The van der Waals surface area contributed by atoms with E-state index in [9.17, 15) is 18.0 Å². The Morgan fingerprint density at radius 3 is 2.44 bits per heavy atom. The molecule has 210 valence electrons. The zero-order chi connectivity index (χ0) is 29.0. The quantitative estimate of drug-likeness (QED) is 0.335. The summed E-state index contributed by atoms with van der Waals surface area (Å²) in [5.41, 5.74) is 6.45. The Hall–Kier alpha value is -4.46. The van der Waals surface area contributed by atoms with E-state index in [2.05, 4.69) is 38.9 Å². The van der Waals surface area contributed by atoms with Gasteiger partial charge in [0.15, 0.2) is 0 Å². The van der Waals surface area contributed by atoms with Crippen LogP contribution in [0.25, 0.3) is 10.8 Å². The number of nitrogens with two attached hydrogens (primary N) is 1. The molecule has 0 saturated carbocycles. The monoisotopic (exact) mass is 558 g/mol. The molecule has 1 fully saturated rings. The van der Waals surface area contributed by atoms with Crippen molar-refractivity contribution < 1.29 is 18.0 Å². The highest BCUT2D eigenvalue weighted by Gasteiger charge is 2.34. The molecule has 2 aromatic heterocycles. The average Bonchev–Trinajstić information content (AvgIpc) is 2.97. The predicted molar refractivity (Wildman–Crippen MR) is 153 cm³/mol. The van der Waals surface area contributed by atoms with Gasteiger partial charge in [-0.2, -0.15) is 13.2 Å². The lowest BCUT2D eigenvalue weighted by Gasteiger charge is -2.34. The van der Waals surface area contributed by atoms with Crippen LogP contribution in [-0.4, -0.2) is 58.4 Å². The van der Waals surface area contributed by atoms with Crippen LogP contribution in [0.15, 0.2) is 67.0 Å². The Balaban J connectivity index is 1.32. The van der Waals surface area contributed by atoms with Gasteiger partial charge in [-0.15, -0.1) is 0 Å². The summed E-state index contributed by atoms with van der Waals surface area (Å²) in [5, 5.41) is 4.25. The first-order valence-corrected chi connectivity index (χ1v) is 13.3. The van der Waals surface area contributed by atoms with Crippen LogP contribution in [0.2, 0.25) is 0 Å². The molecule has 41 heavy (non-hydrogen) atoms. The minimum atomic E-state index is -4.59. The summed E-state index contributed by atoms with van der Waals surface area (Å²) in [6.07, 6.45) is -1.52. The molecular formula is C31H29F3N6O. The van der Waals surface area contributed by atoms with Crippen molar-refractivity contribution in [3.8, 4) is 11.8 Å². The molecule has 1 aliphatic heterocycles. The molecule has 1 amide bonds. The number of alkyl halides is 3. The minimum Gasteiger partial charge on any atom is -0.383 e. The van der Waals surface area contributed by atoms with Gasteiger partial charge in [-0.3, -0.25) is 9.69 Å². The number of carbonyl (C=O) groups excluding carboxylic acids is 1. The number of fused-ring (bicyclic) bond motifs is 1. The van der Waals surface area contributed by atoms with Crippen molar-refractivity contribution in [2.45, 2.75) is 19.6 Å². The molecular weight excluding hydrogens is 529 g/mol. The number of hydrogen-bond acceptors (Lipinski definition) is 6. The van der Waals surface area contributed by atoms with Crippen molar-refractivity contribution in [1.29, 1.82) is 0 Å². The van der Waals surface area contributed by atoms with E-state index < -0.39 is 17.6 Å². The van der Waals surface area contributed by atoms with Gasteiger partial charge in [-0.1, -0.05) is 49.1 Å². The van der Waals surface area contributed by atoms with Crippen LogP contribution in [-0.2, 0) is 12.7 Å². The molecule has 4 aromatic rings. The highest BCUT2D eigenvalue weighted by molar-refractivity contribution is 6.04. The highest BCUT2D eigenvalue weighted by atomic mass is 19.4. The fourth-order valence-electron chi connectivity index (χ4n) is 4.84. The lowest BCUT2D eigenvalue weighted by atomic mass is 10.0. The summed E-state index contributed by atoms with van der Waals surface area (Å²) in [6, 6.07) is 14.5. The molecule has 0 spiro atoms. The molecule has 0 bridgehead atoms. The average molecular weight is 559 g/mol. The minimum absolute atomic E-state index is 0.102. The van der Waals surface area contributed by atoms with Gasteiger partial charge >= 0.3 is 6.18 Å². The number of piperazine rings is 1. The fourth-order valence-corrected chi connectivity index (χ4v) is 4.84. The summed E-state index contributed by atoms with van der Waals surface area (Å²) in [7, 11) is 0. The number of nitrogens with one attached hydrogen (secondary N) is 1. The smallest absolute Gasteiger partial charge is 0.383 e. The standard InChI is InChI=1S/C31H29F3N6O/c1-2-39-13-15-40(16-14-39)20-24-10-9-22(18-27(24)31(32,33)34)30(41)38-28-17-21(11-12-36-28)7-8-23-19-37-29(35)26-6-4-3-5-25(23)26/h3-6,9-12,17-19H,2,13-16,20H2,1H3,(H2,35,37)(H,36,38,41). The third-order valence-electron chi connectivity index (χ3n) is 7.15. The second-order valence-corrected chi connectivity index (χ2v) is 9.82. The lowest BCUT2D eigenvalue weighted by Crippen LogP contribution is -2.45. The summed E-state index contributed by atoms with van der Waals surface area (Å²) in [5.74, 6) is 6.00. The van der Waals surface area contributed by atoms with Gasteiger partial charge in [0.2, 0.25) is 0 Å². The number of halogens is 3. The molecule has 7 nitrogen and oxygen atoms in total. The number of hydrogen-bond donors (Lipinski definition) is 2. The van der Waals surface area contributed by atoms with Crippen molar-refractivity contribution >= 4 is 28.3 Å². The largest absolute Gasteiger partial charge is 0.416 e. The summed E-state index contributed by atoms with van der Waals surface area (Å²) in [6.45, 7) is 6.21. The second-order valence-electron chi connectivity index (χ2n) is 9.82. The third kappa shape index (κ3) is 6.65. The van der Waals surface area contributed by atoms with E-state index in [0.29, 0.717) is 30.0 Å². The van der Waals surface area contributed by atoms with Gasteiger partial charge in [0, 0.05) is 67.0 Å². The molecule has 0 atom stereocenters. The van der Waals surface area contributed by atoms with Crippen molar-refractivity contribution in [1.82, 2.24) is 19.8 Å². The number of carbonyl (C=O) groups is 1. The van der Waals surface area contributed by atoms with E-state index >= 15 is 0 Å². The van der Waals surface area contributed by atoms with E-state index in [-0.39, 0.29) is 23.5 Å². The van der Waals surface area contributed by atoms with Crippen LogP contribution >= 0.6 is 0 Å². The molecule has 0 unspecified atom stereocenters. The van der Waals surface area contributed by atoms with Crippen molar-refractivity contribution in [3.63, 3.8) is 0 Å². The molecule has 3 N–H and O–H groups in total. The molecule has 10 heteroatoms. The number of likely N-dealkylation sites (N-methyl/N-ethyl adjacent to an activating group) is 1. The van der Waals surface area contributed by atoms with Gasteiger partial charge in [0.05, 0.1) is 11.1 Å². The SMILES string of the molecule is CCN1CCN(Cc2ccc(C(=O)Nc3cc(C#Cc4cnc(N)c5ccccc45)ccn3)cc2C(F)(F)F)CC1. The molecule has 0 radical (unpaired) electrons. The number of nitrogen functional groups attached to an aromatic ring is 1. The Morgan fingerprint density at radius 1 is 0.976 bits per heavy atom. The predicted octanol–water partition coefficient (Wildman–Crippen LogP) is 5.02. The summed E-state index contributed by atoms with van der Waals surface area (Å²) >= 11 is 0. The van der Waals surface area contributed by atoms with Crippen LogP contribution in [0.1, 0.15) is 39.5 Å². The van der Waals surface area contributed by atoms with Gasteiger partial charge in [0.25, 0.3) is 5.91 Å². The Kier molecular flexibility index (Phi) is 8.19. The van der Waals surface area contributed by atoms with Crippen LogP contribution in [0.5, 0.6) is 0 Å². The maximum atomic E-state index is 14.0. The number of pyridine rings is 2. The normalized spacial score (nSPS) is 14.4.